The van der Waals surface area contributed by atoms with E-state index in [1.807, 2.05) is 6.92 Å². The Kier molecular flexibility index (Phi) is 5.56. The van der Waals surface area contributed by atoms with Crippen LogP contribution in [0, 0.1) is 11.7 Å². The Balaban J connectivity index is 2.52. The summed E-state index contributed by atoms with van der Waals surface area (Å²) in [7, 11) is 0. The lowest BCUT2D eigenvalue weighted by Crippen LogP contribution is -2.29. The molecule has 1 amide bonds. The second-order valence-corrected chi connectivity index (χ2v) is 4.94. The number of benzene rings is 1. The minimum Gasteiger partial charge on any atom is -0.393 e. The van der Waals surface area contributed by atoms with Crippen molar-refractivity contribution in [2.24, 2.45) is 5.92 Å². The van der Waals surface area contributed by atoms with Crippen LogP contribution in [0.15, 0.2) is 18.2 Å². The lowest BCUT2D eigenvalue weighted by Gasteiger charge is -2.14. The van der Waals surface area contributed by atoms with Crippen LogP contribution in [0.25, 0.3) is 0 Å². The van der Waals surface area contributed by atoms with Gasteiger partial charge in [-0.3, -0.25) is 4.79 Å². The molecule has 2 unspecified atom stereocenters. The van der Waals surface area contributed by atoms with Crippen molar-refractivity contribution in [3.63, 3.8) is 0 Å². The summed E-state index contributed by atoms with van der Waals surface area (Å²) in [6.07, 6.45) is 0.208. The maximum atomic E-state index is 13.2. The number of hydrogen-bond acceptors (Lipinski definition) is 2. The van der Waals surface area contributed by atoms with E-state index in [1.54, 1.807) is 6.92 Å². The molecule has 0 aliphatic rings. The van der Waals surface area contributed by atoms with E-state index in [2.05, 4.69) is 5.32 Å². The van der Waals surface area contributed by atoms with Crippen LogP contribution in [0.3, 0.4) is 0 Å². The van der Waals surface area contributed by atoms with Gasteiger partial charge < -0.3 is 10.4 Å². The molecule has 0 spiro atoms. The largest absolute Gasteiger partial charge is 0.393 e. The second kappa shape index (κ2) is 6.71. The molecule has 100 valence electrons. The molecule has 0 radical (unpaired) electrons. The van der Waals surface area contributed by atoms with Crippen LogP contribution in [0.1, 0.15) is 30.6 Å². The van der Waals surface area contributed by atoms with Gasteiger partial charge in [0.2, 0.25) is 0 Å². The Morgan fingerprint density at radius 1 is 1.50 bits per heavy atom. The molecular formula is C13H17ClFNO2. The first-order valence-electron chi connectivity index (χ1n) is 5.81. The van der Waals surface area contributed by atoms with Crippen molar-refractivity contribution < 1.29 is 14.3 Å². The lowest BCUT2D eigenvalue weighted by molar-refractivity contribution is 0.0939. The molecule has 1 aromatic rings. The minimum absolute atomic E-state index is 0.00553. The first kappa shape index (κ1) is 14.9. The minimum atomic E-state index is -0.610. The normalized spacial score (nSPS) is 14.1. The third-order valence-corrected chi connectivity index (χ3v) is 2.84. The van der Waals surface area contributed by atoms with Crippen LogP contribution in [-0.4, -0.2) is 23.7 Å². The summed E-state index contributed by atoms with van der Waals surface area (Å²) >= 11 is 5.54. The first-order valence-corrected chi connectivity index (χ1v) is 6.19. The number of carbonyl (C=O) groups excluding carboxylic acids is 1. The lowest BCUT2D eigenvalue weighted by atomic mass is 10.0. The first-order chi connectivity index (χ1) is 8.40. The fraction of sp³-hybridized carbons (Fsp3) is 0.462. The smallest absolute Gasteiger partial charge is 0.251 e. The van der Waals surface area contributed by atoms with E-state index in [4.69, 9.17) is 11.6 Å². The number of nitrogens with one attached hydrogen (secondary N) is 1. The predicted molar refractivity (Wildman–Crippen MR) is 69.2 cm³/mol. The van der Waals surface area contributed by atoms with E-state index in [0.29, 0.717) is 13.0 Å². The van der Waals surface area contributed by atoms with Crippen LogP contribution >= 0.6 is 11.6 Å². The summed E-state index contributed by atoms with van der Waals surface area (Å²) in [5.74, 6) is -0.796. The maximum absolute atomic E-state index is 13.2. The molecule has 1 rings (SSSR count). The number of hydrogen-bond donors (Lipinski definition) is 2. The molecule has 18 heavy (non-hydrogen) atoms. The Bertz CT molecular complexity index is 423. The Morgan fingerprint density at radius 3 is 2.72 bits per heavy atom. The quantitative estimate of drug-likeness (QED) is 0.866. The van der Waals surface area contributed by atoms with Crippen LogP contribution in [0.5, 0.6) is 0 Å². The molecule has 0 saturated heterocycles. The van der Waals surface area contributed by atoms with Crippen LogP contribution in [-0.2, 0) is 0 Å². The van der Waals surface area contributed by atoms with E-state index in [-0.39, 0.29) is 22.4 Å². The molecular weight excluding hydrogens is 257 g/mol. The van der Waals surface area contributed by atoms with Gasteiger partial charge >= 0.3 is 0 Å². The SMILES string of the molecule is CC(O)CC(C)CNC(=O)c1ccc(Cl)c(F)c1. The average Bonchev–Trinajstić information content (AvgIpc) is 2.28. The van der Waals surface area contributed by atoms with Gasteiger partial charge in [-0.25, -0.2) is 4.39 Å². The molecule has 0 bridgehead atoms. The topological polar surface area (TPSA) is 49.3 Å². The fourth-order valence-electron chi connectivity index (χ4n) is 1.67. The van der Waals surface area contributed by atoms with Crippen molar-refractivity contribution in [1.29, 1.82) is 0 Å². The standard InChI is InChI=1S/C13H17ClFNO2/c1-8(5-9(2)17)7-16-13(18)10-3-4-11(14)12(15)6-10/h3-4,6,8-9,17H,5,7H2,1-2H3,(H,16,18). The van der Waals surface area contributed by atoms with Crippen LogP contribution in [0.4, 0.5) is 4.39 Å². The molecule has 0 aromatic heterocycles. The zero-order chi connectivity index (χ0) is 13.7. The fourth-order valence-corrected chi connectivity index (χ4v) is 1.79. The highest BCUT2D eigenvalue weighted by molar-refractivity contribution is 6.30. The molecule has 2 atom stereocenters. The number of carbonyl (C=O) groups is 1. The number of halogens is 2. The number of aliphatic hydroxyl groups is 1. The van der Waals surface area contributed by atoms with Crippen molar-refractivity contribution in [3.8, 4) is 0 Å². The molecule has 1 aromatic carbocycles. The Hall–Kier alpha value is -1.13. The van der Waals surface area contributed by atoms with Gasteiger partial charge in [-0.05, 0) is 37.5 Å². The number of rotatable bonds is 5. The molecule has 0 aliphatic carbocycles. The summed E-state index contributed by atoms with van der Waals surface area (Å²) in [6, 6.07) is 3.93. The zero-order valence-corrected chi connectivity index (χ0v) is 11.2. The van der Waals surface area contributed by atoms with Gasteiger partial charge in [0, 0.05) is 12.1 Å². The van der Waals surface area contributed by atoms with Crippen molar-refractivity contribution in [1.82, 2.24) is 5.32 Å². The maximum Gasteiger partial charge on any atom is 0.251 e. The van der Waals surface area contributed by atoms with Crippen molar-refractivity contribution >= 4 is 17.5 Å². The van der Waals surface area contributed by atoms with Crippen molar-refractivity contribution in [3.05, 3.63) is 34.6 Å². The molecule has 0 fully saturated rings. The highest BCUT2D eigenvalue weighted by Crippen LogP contribution is 2.15. The van der Waals surface area contributed by atoms with E-state index in [9.17, 15) is 14.3 Å². The summed E-state index contributed by atoms with van der Waals surface area (Å²) in [6.45, 7) is 4.07. The van der Waals surface area contributed by atoms with Gasteiger partial charge in [-0.1, -0.05) is 18.5 Å². The molecule has 3 nitrogen and oxygen atoms in total. The van der Waals surface area contributed by atoms with Crippen LogP contribution < -0.4 is 5.32 Å². The van der Waals surface area contributed by atoms with E-state index < -0.39 is 11.9 Å². The van der Waals surface area contributed by atoms with Gasteiger partial charge in [0.15, 0.2) is 0 Å². The molecule has 0 saturated carbocycles. The van der Waals surface area contributed by atoms with Gasteiger partial charge in [0.1, 0.15) is 5.82 Å². The van der Waals surface area contributed by atoms with E-state index in [1.165, 1.54) is 12.1 Å². The number of amides is 1. The number of aliphatic hydroxyl groups excluding tert-OH is 1. The third-order valence-electron chi connectivity index (χ3n) is 2.54. The predicted octanol–water partition coefficient (Wildman–Crippen LogP) is 2.62. The van der Waals surface area contributed by atoms with Crippen molar-refractivity contribution in [2.75, 3.05) is 6.54 Å². The summed E-state index contributed by atoms with van der Waals surface area (Å²) in [4.78, 5) is 11.7. The van der Waals surface area contributed by atoms with Crippen LogP contribution in [0.2, 0.25) is 5.02 Å². The summed E-state index contributed by atoms with van der Waals surface area (Å²) < 4.78 is 13.2. The Labute approximate surface area is 111 Å². The molecule has 0 heterocycles. The van der Waals surface area contributed by atoms with E-state index >= 15 is 0 Å². The second-order valence-electron chi connectivity index (χ2n) is 4.53. The van der Waals surface area contributed by atoms with Gasteiger partial charge in [-0.2, -0.15) is 0 Å². The summed E-state index contributed by atoms with van der Waals surface area (Å²) in [5.41, 5.74) is 0.237. The molecule has 2 N–H and O–H groups in total. The van der Waals surface area contributed by atoms with Gasteiger partial charge in [0.25, 0.3) is 5.91 Å². The zero-order valence-electron chi connectivity index (χ0n) is 10.4. The van der Waals surface area contributed by atoms with Crippen molar-refractivity contribution in [2.45, 2.75) is 26.4 Å². The van der Waals surface area contributed by atoms with E-state index in [0.717, 1.165) is 6.07 Å². The average molecular weight is 274 g/mol. The third kappa shape index (κ3) is 4.63. The highest BCUT2D eigenvalue weighted by Gasteiger charge is 2.11. The van der Waals surface area contributed by atoms with Gasteiger partial charge in [0.05, 0.1) is 11.1 Å². The van der Waals surface area contributed by atoms with Gasteiger partial charge in [-0.15, -0.1) is 0 Å². The summed E-state index contributed by atoms with van der Waals surface area (Å²) in [5, 5.41) is 11.9. The molecule has 5 heteroatoms. The monoisotopic (exact) mass is 273 g/mol. The highest BCUT2D eigenvalue weighted by atomic mass is 35.5. The Morgan fingerprint density at radius 2 is 2.17 bits per heavy atom. The molecule has 0 aliphatic heterocycles.